The van der Waals surface area contributed by atoms with Crippen molar-refractivity contribution in [1.82, 2.24) is 15.0 Å². The van der Waals surface area contributed by atoms with Gasteiger partial charge >= 0.3 is 0 Å². The van der Waals surface area contributed by atoms with Gasteiger partial charge in [-0.2, -0.15) is 0 Å². The lowest BCUT2D eigenvalue weighted by Gasteiger charge is -2.24. The molecular formula is C22H24N6O. The fourth-order valence-electron chi connectivity index (χ4n) is 3.61. The van der Waals surface area contributed by atoms with Crippen molar-refractivity contribution in [3.05, 3.63) is 72.3 Å². The summed E-state index contributed by atoms with van der Waals surface area (Å²) < 4.78 is 0. The first-order valence-corrected chi connectivity index (χ1v) is 9.79. The van der Waals surface area contributed by atoms with Crippen molar-refractivity contribution >= 4 is 23.1 Å². The van der Waals surface area contributed by atoms with Crippen LogP contribution in [0.3, 0.4) is 0 Å². The minimum atomic E-state index is 0.109. The number of hydrogen-bond acceptors (Lipinski definition) is 6. The van der Waals surface area contributed by atoms with Crippen LogP contribution >= 0.6 is 0 Å². The Kier molecular flexibility index (Phi) is 5.76. The van der Waals surface area contributed by atoms with Crippen LogP contribution in [0.5, 0.6) is 0 Å². The topological polar surface area (TPSA) is 101 Å². The van der Waals surface area contributed by atoms with Gasteiger partial charge in [-0.1, -0.05) is 36.4 Å². The summed E-state index contributed by atoms with van der Waals surface area (Å²) in [5.74, 6) is 2.02. The van der Waals surface area contributed by atoms with E-state index in [1.54, 1.807) is 12.4 Å². The maximum atomic E-state index is 9.61. The summed E-state index contributed by atoms with van der Waals surface area (Å²) in [6.07, 6.45) is 5.78. The van der Waals surface area contributed by atoms with Gasteiger partial charge in [0.25, 0.3) is 0 Å². The first-order valence-electron chi connectivity index (χ1n) is 9.79. The van der Waals surface area contributed by atoms with Crippen molar-refractivity contribution in [2.45, 2.75) is 25.3 Å². The first kappa shape index (κ1) is 19.0. The number of aromatic nitrogens is 3. The molecule has 1 fully saturated rings. The predicted molar refractivity (Wildman–Crippen MR) is 114 cm³/mol. The second-order valence-electron chi connectivity index (χ2n) is 7.04. The van der Waals surface area contributed by atoms with E-state index in [-0.39, 0.29) is 12.6 Å². The molecule has 4 rings (SSSR count). The lowest BCUT2D eigenvalue weighted by molar-refractivity contribution is 0.266. The molecule has 0 saturated carbocycles. The van der Waals surface area contributed by atoms with Crippen LogP contribution in [0.1, 0.15) is 30.7 Å². The third kappa shape index (κ3) is 4.41. The average molecular weight is 388 g/mol. The van der Waals surface area contributed by atoms with Gasteiger partial charge in [0.15, 0.2) is 11.6 Å². The molecule has 3 heterocycles. The van der Waals surface area contributed by atoms with Gasteiger partial charge < -0.3 is 20.4 Å². The maximum Gasteiger partial charge on any atom is 0.154 e. The number of imidazole rings is 1. The number of aromatic amines is 1. The highest BCUT2D eigenvalue weighted by Gasteiger charge is 2.25. The SMILES string of the molecule is N=C(CC(=Nc1cccc(N2CCCC2CO)n1)c1ncc[nH]1)c1ccccc1. The normalized spacial score (nSPS) is 16.9. The Hall–Kier alpha value is -3.32. The summed E-state index contributed by atoms with van der Waals surface area (Å²) >= 11 is 0. The Bertz CT molecular complexity index is 984. The van der Waals surface area contributed by atoms with Crippen LogP contribution in [0.25, 0.3) is 0 Å². The van der Waals surface area contributed by atoms with Gasteiger partial charge in [-0.05, 0) is 30.5 Å². The predicted octanol–water partition coefficient (Wildman–Crippen LogP) is 3.34. The van der Waals surface area contributed by atoms with Crippen LogP contribution in [-0.4, -0.2) is 50.7 Å². The molecule has 2 aromatic heterocycles. The number of hydrogen-bond donors (Lipinski definition) is 3. The molecule has 0 amide bonds. The van der Waals surface area contributed by atoms with Crippen molar-refractivity contribution in [3.8, 4) is 0 Å². The van der Waals surface area contributed by atoms with E-state index in [0.717, 1.165) is 30.8 Å². The van der Waals surface area contributed by atoms with Crippen molar-refractivity contribution in [2.24, 2.45) is 4.99 Å². The number of H-pyrrole nitrogens is 1. The largest absolute Gasteiger partial charge is 0.394 e. The fraction of sp³-hybridized carbons (Fsp3) is 0.273. The highest BCUT2D eigenvalue weighted by Crippen LogP contribution is 2.25. The van der Waals surface area contributed by atoms with Crippen molar-refractivity contribution in [3.63, 3.8) is 0 Å². The van der Waals surface area contributed by atoms with Crippen LogP contribution in [-0.2, 0) is 0 Å². The molecule has 1 unspecified atom stereocenters. The summed E-state index contributed by atoms with van der Waals surface area (Å²) in [7, 11) is 0. The van der Waals surface area contributed by atoms with Crippen LogP contribution in [0.2, 0.25) is 0 Å². The van der Waals surface area contributed by atoms with E-state index in [9.17, 15) is 5.11 Å². The number of nitrogens with one attached hydrogen (secondary N) is 2. The standard InChI is InChI=1S/C22H24N6O/c23-18(16-6-2-1-3-7-16)14-19(22-24-11-12-25-22)26-20-9-4-10-21(27-20)28-13-5-8-17(28)15-29/h1-4,6-7,9-12,17,23,29H,5,8,13-15H2,(H,24,25). The van der Waals surface area contributed by atoms with Gasteiger partial charge in [0.05, 0.1) is 18.4 Å². The Labute approximate surface area is 169 Å². The Morgan fingerprint density at radius 1 is 1.21 bits per heavy atom. The molecule has 1 atom stereocenters. The van der Waals surface area contributed by atoms with Gasteiger partial charge in [0, 0.05) is 31.1 Å². The zero-order chi connectivity index (χ0) is 20.1. The molecule has 7 nitrogen and oxygen atoms in total. The molecule has 3 aromatic rings. The highest BCUT2D eigenvalue weighted by molar-refractivity contribution is 6.16. The summed E-state index contributed by atoms with van der Waals surface area (Å²) in [6, 6.07) is 15.5. The summed E-state index contributed by atoms with van der Waals surface area (Å²) in [4.78, 5) is 19.0. The van der Waals surface area contributed by atoms with Crippen molar-refractivity contribution < 1.29 is 5.11 Å². The number of aliphatic hydroxyl groups excluding tert-OH is 1. The van der Waals surface area contributed by atoms with Crippen molar-refractivity contribution in [1.29, 1.82) is 5.41 Å². The molecule has 0 radical (unpaired) electrons. The van der Waals surface area contributed by atoms with Gasteiger partial charge in [-0.3, -0.25) is 0 Å². The number of rotatable bonds is 7. The Morgan fingerprint density at radius 2 is 2.07 bits per heavy atom. The van der Waals surface area contributed by atoms with E-state index in [4.69, 9.17) is 15.4 Å². The molecule has 1 aromatic carbocycles. The Balaban J connectivity index is 1.63. The lowest BCUT2D eigenvalue weighted by atomic mass is 10.0. The summed E-state index contributed by atoms with van der Waals surface area (Å²) in [5, 5.41) is 18.1. The van der Waals surface area contributed by atoms with E-state index < -0.39 is 0 Å². The van der Waals surface area contributed by atoms with E-state index in [2.05, 4.69) is 14.9 Å². The average Bonchev–Trinajstić information content (AvgIpc) is 3.46. The molecule has 0 bridgehead atoms. The van der Waals surface area contributed by atoms with E-state index in [0.29, 0.717) is 29.5 Å². The molecular weight excluding hydrogens is 364 g/mol. The number of aliphatic hydroxyl groups is 1. The first-order chi connectivity index (χ1) is 14.2. The maximum absolute atomic E-state index is 9.61. The van der Waals surface area contributed by atoms with E-state index >= 15 is 0 Å². The number of benzene rings is 1. The molecule has 29 heavy (non-hydrogen) atoms. The van der Waals surface area contributed by atoms with Gasteiger partial charge in [0.2, 0.25) is 0 Å². The molecule has 7 heteroatoms. The quantitative estimate of drug-likeness (QED) is 0.540. The van der Waals surface area contributed by atoms with Crippen LogP contribution in [0, 0.1) is 5.41 Å². The lowest BCUT2D eigenvalue weighted by Crippen LogP contribution is -2.32. The van der Waals surface area contributed by atoms with Crippen LogP contribution < -0.4 is 4.90 Å². The third-order valence-electron chi connectivity index (χ3n) is 5.09. The van der Waals surface area contributed by atoms with Gasteiger partial charge in [-0.25, -0.2) is 15.0 Å². The summed E-state index contributed by atoms with van der Waals surface area (Å²) in [5.41, 5.74) is 1.99. The van der Waals surface area contributed by atoms with Gasteiger partial charge in [0.1, 0.15) is 5.82 Å². The Morgan fingerprint density at radius 3 is 2.83 bits per heavy atom. The fourth-order valence-corrected chi connectivity index (χ4v) is 3.61. The number of pyridine rings is 1. The molecule has 0 aliphatic carbocycles. The number of aliphatic imine (C=N–C) groups is 1. The number of anilines is 1. The zero-order valence-corrected chi connectivity index (χ0v) is 16.1. The smallest absolute Gasteiger partial charge is 0.154 e. The second kappa shape index (κ2) is 8.79. The zero-order valence-electron chi connectivity index (χ0n) is 16.1. The molecule has 1 saturated heterocycles. The summed E-state index contributed by atoms with van der Waals surface area (Å²) in [6.45, 7) is 1.01. The third-order valence-corrected chi connectivity index (χ3v) is 5.09. The molecule has 148 valence electrons. The highest BCUT2D eigenvalue weighted by atomic mass is 16.3. The van der Waals surface area contributed by atoms with Crippen LogP contribution in [0.4, 0.5) is 11.6 Å². The molecule has 0 spiro atoms. The molecule has 3 N–H and O–H groups in total. The number of nitrogens with zero attached hydrogens (tertiary/aromatic N) is 4. The van der Waals surface area contributed by atoms with Crippen molar-refractivity contribution in [2.75, 3.05) is 18.1 Å². The van der Waals surface area contributed by atoms with E-state index in [1.165, 1.54) is 0 Å². The van der Waals surface area contributed by atoms with E-state index in [1.807, 2.05) is 48.5 Å². The van der Waals surface area contributed by atoms with Gasteiger partial charge in [-0.15, -0.1) is 0 Å². The monoisotopic (exact) mass is 388 g/mol. The molecule has 1 aliphatic heterocycles. The minimum absolute atomic E-state index is 0.109. The second-order valence-corrected chi connectivity index (χ2v) is 7.04. The minimum Gasteiger partial charge on any atom is -0.394 e. The van der Waals surface area contributed by atoms with Crippen LogP contribution in [0.15, 0.2) is 65.9 Å². The molecule has 1 aliphatic rings.